The molecule has 0 unspecified atom stereocenters. The van der Waals surface area contributed by atoms with Crippen molar-refractivity contribution in [1.82, 2.24) is 4.98 Å². The highest BCUT2D eigenvalue weighted by Crippen LogP contribution is 2.13. The second-order valence-corrected chi connectivity index (χ2v) is 3.47. The molecule has 1 amide bonds. The largest absolute Gasteiger partial charge is 0.384 e. The number of methoxy groups -OCH3 is 1. The summed E-state index contributed by atoms with van der Waals surface area (Å²) in [4.78, 5) is 17.1. The van der Waals surface area contributed by atoms with Crippen LogP contribution in [0.4, 0.5) is 5.82 Å². The predicted molar refractivity (Wildman–Crippen MR) is 59.2 cm³/mol. The van der Waals surface area contributed by atoms with E-state index in [1.54, 1.807) is 26.3 Å². The van der Waals surface area contributed by atoms with E-state index in [4.69, 9.17) is 16.3 Å². The summed E-state index contributed by atoms with van der Waals surface area (Å²) in [6.07, 6.45) is 1.86. The maximum absolute atomic E-state index is 11.6. The Hall–Kier alpha value is -1.13. The van der Waals surface area contributed by atoms with Gasteiger partial charge in [-0.05, 0) is 12.1 Å². The lowest BCUT2D eigenvalue weighted by Gasteiger charge is -2.15. The van der Waals surface area contributed by atoms with Crippen molar-refractivity contribution >= 4 is 23.3 Å². The van der Waals surface area contributed by atoms with Gasteiger partial charge in [-0.25, -0.2) is 4.98 Å². The Labute approximate surface area is 93.8 Å². The zero-order valence-corrected chi connectivity index (χ0v) is 9.49. The van der Waals surface area contributed by atoms with E-state index >= 15 is 0 Å². The summed E-state index contributed by atoms with van der Waals surface area (Å²) in [6, 6.07) is 3.40. The van der Waals surface area contributed by atoms with Gasteiger partial charge in [0.05, 0.1) is 18.1 Å². The number of rotatable bonds is 4. The topological polar surface area (TPSA) is 42.4 Å². The van der Waals surface area contributed by atoms with Crippen molar-refractivity contribution < 1.29 is 9.53 Å². The normalized spacial score (nSPS) is 10.1. The van der Waals surface area contributed by atoms with Gasteiger partial charge in [0.25, 0.3) is 0 Å². The molecule has 0 radical (unpaired) electrons. The van der Waals surface area contributed by atoms with Gasteiger partial charge in [-0.2, -0.15) is 0 Å². The maximum Gasteiger partial charge on any atom is 0.230 e. The van der Waals surface area contributed by atoms with E-state index in [-0.39, 0.29) is 5.91 Å². The summed E-state index contributed by atoms with van der Waals surface area (Å²) in [6.45, 7) is 0.413. The van der Waals surface area contributed by atoms with Crippen molar-refractivity contribution in [1.29, 1.82) is 0 Å². The number of amides is 1. The Bertz CT molecular complexity index is 327. The minimum atomic E-state index is -0.0355. The number of pyridine rings is 1. The Morgan fingerprint density at radius 1 is 1.60 bits per heavy atom. The van der Waals surface area contributed by atoms with Crippen LogP contribution in [0.15, 0.2) is 18.3 Å². The monoisotopic (exact) mass is 228 g/mol. The fraction of sp³-hybridized carbons (Fsp3) is 0.400. The minimum Gasteiger partial charge on any atom is -0.384 e. The number of hydrogen-bond acceptors (Lipinski definition) is 3. The van der Waals surface area contributed by atoms with Crippen molar-refractivity contribution in [3.05, 3.63) is 23.4 Å². The Kier molecular flexibility index (Phi) is 4.52. The number of nitrogens with zero attached hydrogens (tertiary/aromatic N) is 2. The second-order valence-electron chi connectivity index (χ2n) is 3.03. The van der Waals surface area contributed by atoms with Crippen molar-refractivity contribution in [3.63, 3.8) is 0 Å². The molecule has 0 bridgehead atoms. The van der Waals surface area contributed by atoms with Crippen molar-refractivity contribution in [2.24, 2.45) is 0 Å². The lowest BCUT2D eigenvalue weighted by atomic mass is 10.3. The number of carbonyl (C=O) groups excluding carboxylic acids is 1. The molecule has 0 atom stereocenters. The lowest BCUT2D eigenvalue weighted by Crippen LogP contribution is -2.27. The number of anilines is 1. The average molecular weight is 229 g/mol. The summed E-state index contributed by atoms with van der Waals surface area (Å²) in [5, 5.41) is 0.552. The van der Waals surface area contributed by atoms with Crippen LogP contribution in [-0.2, 0) is 9.53 Å². The highest BCUT2D eigenvalue weighted by molar-refractivity contribution is 6.30. The molecule has 15 heavy (non-hydrogen) atoms. The van der Waals surface area contributed by atoms with Gasteiger partial charge in [-0.1, -0.05) is 11.6 Å². The first-order valence-electron chi connectivity index (χ1n) is 4.52. The molecule has 0 fully saturated rings. The second kappa shape index (κ2) is 5.68. The molecule has 0 saturated carbocycles. The Balaban J connectivity index is 2.63. The zero-order chi connectivity index (χ0) is 11.3. The first-order chi connectivity index (χ1) is 7.15. The van der Waals surface area contributed by atoms with E-state index in [1.807, 2.05) is 0 Å². The zero-order valence-electron chi connectivity index (χ0n) is 8.74. The van der Waals surface area contributed by atoms with Gasteiger partial charge < -0.3 is 4.74 Å². The van der Waals surface area contributed by atoms with Crippen molar-refractivity contribution in [3.8, 4) is 0 Å². The Morgan fingerprint density at radius 2 is 2.33 bits per heavy atom. The summed E-state index contributed by atoms with van der Waals surface area (Å²) in [5.74, 6) is 0.548. The first kappa shape index (κ1) is 11.9. The molecule has 0 spiro atoms. The third-order valence-electron chi connectivity index (χ3n) is 1.95. The van der Waals surface area contributed by atoms with Gasteiger partial charge in [0.2, 0.25) is 5.91 Å². The maximum atomic E-state index is 11.6. The number of ether oxygens (including phenoxy) is 1. The van der Waals surface area contributed by atoms with E-state index < -0.39 is 0 Å². The van der Waals surface area contributed by atoms with Gasteiger partial charge in [0.1, 0.15) is 5.82 Å². The van der Waals surface area contributed by atoms with Crippen LogP contribution in [0.3, 0.4) is 0 Å². The molecule has 1 aromatic rings. The fourth-order valence-electron chi connectivity index (χ4n) is 1.05. The number of aromatic nitrogens is 1. The molecule has 82 valence electrons. The summed E-state index contributed by atoms with van der Waals surface area (Å²) in [5.41, 5.74) is 0. The van der Waals surface area contributed by atoms with Crippen LogP contribution < -0.4 is 4.90 Å². The predicted octanol–water partition coefficient (Wildman–Crippen LogP) is 1.73. The molecule has 1 rings (SSSR count). The van der Waals surface area contributed by atoms with Gasteiger partial charge in [0, 0.05) is 20.4 Å². The van der Waals surface area contributed by atoms with Crippen LogP contribution in [0.2, 0.25) is 5.02 Å². The van der Waals surface area contributed by atoms with Gasteiger partial charge >= 0.3 is 0 Å². The molecule has 5 heteroatoms. The van der Waals surface area contributed by atoms with Gasteiger partial charge in [-0.3, -0.25) is 9.69 Å². The van der Waals surface area contributed by atoms with Crippen molar-refractivity contribution in [2.45, 2.75) is 6.42 Å². The quantitative estimate of drug-likeness (QED) is 0.788. The highest BCUT2D eigenvalue weighted by Gasteiger charge is 2.10. The van der Waals surface area contributed by atoms with Crippen LogP contribution >= 0.6 is 11.6 Å². The highest BCUT2D eigenvalue weighted by atomic mass is 35.5. The summed E-state index contributed by atoms with van der Waals surface area (Å²) >= 11 is 5.69. The molecular formula is C10H13ClN2O2. The molecule has 1 heterocycles. The molecular weight excluding hydrogens is 216 g/mol. The molecule has 0 aliphatic heterocycles. The summed E-state index contributed by atoms with van der Waals surface area (Å²) < 4.78 is 4.83. The standard InChI is InChI=1S/C10H13ClN2O2/c1-13(10(14)5-6-15-2)9-4-3-8(11)7-12-9/h3-4,7H,5-6H2,1-2H3. The molecule has 0 N–H and O–H groups in total. The molecule has 0 aromatic carbocycles. The van der Waals surface area contributed by atoms with E-state index in [1.165, 1.54) is 11.1 Å². The Morgan fingerprint density at radius 3 is 2.87 bits per heavy atom. The third kappa shape index (κ3) is 3.49. The van der Waals surface area contributed by atoms with Crippen LogP contribution in [0, 0.1) is 0 Å². The number of carbonyl (C=O) groups is 1. The molecule has 0 saturated heterocycles. The molecule has 0 aliphatic carbocycles. The number of halogens is 1. The smallest absolute Gasteiger partial charge is 0.230 e. The molecule has 4 nitrogen and oxygen atoms in total. The van der Waals surface area contributed by atoms with E-state index in [2.05, 4.69) is 4.98 Å². The average Bonchev–Trinajstić information content (AvgIpc) is 2.26. The van der Waals surface area contributed by atoms with Crippen LogP contribution in [0.5, 0.6) is 0 Å². The number of hydrogen-bond donors (Lipinski definition) is 0. The van der Waals surface area contributed by atoms with E-state index in [9.17, 15) is 4.79 Å². The SMILES string of the molecule is COCCC(=O)N(C)c1ccc(Cl)cn1. The minimum absolute atomic E-state index is 0.0355. The first-order valence-corrected chi connectivity index (χ1v) is 4.90. The molecule has 1 aromatic heterocycles. The fourth-order valence-corrected chi connectivity index (χ4v) is 1.16. The van der Waals surface area contributed by atoms with Gasteiger partial charge in [-0.15, -0.1) is 0 Å². The molecule has 0 aliphatic rings. The van der Waals surface area contributed by atoms with Gasteiger partial charge in [0.15, 0.2) is 0 Å². The van der Waals surface area contributed by atoms with E-state index in [0.717, 1.165) is 0 Å². The summed E-state index contributed by atoms with van der Waals surface area (Å²) in [7, 11) is 3.24. The van der Waals surface area contributed by atoms with E-state index in [0.29, 0.717) is 23.9 Å². The lowest BCUT2D eigenvalue weighted by molar-refractivity contribution is -0.119. The van der Waals surface area contributed by atoms with Crippen molar-refractivity contribution in [2.75, 3.05) is 25.7 Å². The third-order valence-corrected chi connectivity index (χ3v) is 2.17. The van der Waals surface area contributed by atoms with Crippen LogP contribution in [-0.4, -0.2) is 31.7 Å². The van der Waals surface area contributed by atoms with Crippen LogP contribution in [0.1, 0.15) is 6.42 Å². The van der Waals surface area contributed by atoms with Crippen LogP contribution in [0.25, 0.3) is 0 Å².